The molecule has 1 N–H and O–H groups in total. The average Bonchev–Trinajstić information content (AvgIpc) is 2.79. The Kier molecular flexibility index (Phi) is 2.92. The van der Waals surface area contributed by atoms with Gasteiger partial charge in [-0.3, -0.25) is 0 Å². The van der Waals surface area contributed by atoms with Crippen molar-refractivity contribution in [2.75, 3.05) is 6.61 Å². The Morgan fingerprint density at radius 3 is 2.56 bits per heavy atom. The summed E-state index contributed by atoms with van der Waals surface area (Å²) in [5.74, 6) is 4.36. The number of fused-ring (bicyclic) bond motifs is 5. The molecule has 102 valence electrons. The van der Waals surface area contributed by atoms with Crippen LogP contribution in [0.4, 0.5) is 0 Å². The minimum absolute atomic E-state index is 0.538. The van der Waals surface area contributed by atoms with Crippen LogP contribution in [0, 0.1) is 23.7 Å². The lowest BCUT2D eigenvalue weighted by Crippen LogP contribution is -2.41. The van der Waals surface area contributed by atoms with E-state index in [-0.39, 0.29) is 0 Å². The van der Waals surface area contributed by atoms with E-state index < -0.39 is 0 Å². The van der Waals surface area contributed by atoms with Gasteiger partial charge in [-0.1, -0.05) is 13.3 Å². The molecule has 6 unspecified atom stereocenters. The second-order valence-corrected chi connectivity index (χ2v) is 7.18. The van der Waals surface area contributed by atoms with E-state index in [2.05, 4.69) is 12.2 Å². The molecule has 0 amide bonds. The zero-order chi connectivity index (χ0) is 12.1. The second-order valence-electron chi connectivity index (χ2n) is 7.18. The van der Waals surface area contributed by atoms with Crippen LogP contribution in [0.3, 0.4) is 0 Å². The molecule has 1 heterocycles. The van der Waals surface area contributed by atoms with Crippen molar-refractivity contribution in [2.24, 2.45) is 23.7 Å². The molecule has 2 heteroatoms. The molecule has 18 heavy (non-hydrogen) atoms. The molecular formula is C16H27NO. The molecule has 1 saturated heterocycles. The Morgan fingerprint density at radius 2 is 1.83 bits per heavy atom. The first kappa shape index (κ1) is 11.7. The monoisotopic (exact) mass is 249 g/mol. The number of rotatable bonds is 4. The zero-order valence-electron chi connectivity index (χ0n) is 11.6. The third-order valence-corrected chi connectivity index (χ3v) is 6.14. The van der Waals surface area contributed by atoms with E-state index in [1.54, 1.807) is 6.42 Å². The van der Waals surface area contributed by atoms with Crippen LogP contribution >= 0.6 is 0 Å². The Bertz CT molecular complexity index is 300. The molecule has 0 aromatic rings. The van der Waals surface area contributed by atoms with Gasteiger partial charge >= 0.3 is 0 Å². The fourth-order valence-corrected chi connectivity index (χ4v) is 5.38. The largest absolute Gasteiger partial charge is 0.378 e. The van der Waals surface area contributed by atoms with Gasteiger partial charge in [-0.05, 0) is 62.2 Å². The van der Waals surface area contributed by atoms with Crippen LogP contribution in [0.2, 0.25) is 0 Å². The van der Waals surface area contributed by atoms with Crippen LogP contribution in [0.5, 0.6) is 0 Å². The van der Waals surface area contributed by atoms with Gasteiger partial charge in [0.15, 0.2) is 0 Å². The highest BCUT2D eigenvalue weighted by Crippen LogP contribution is 2.65. The van der Waals surface area contributed by atoms with Crippen LogP contribution in [0.1, 0.15) is 51.9 Å². The van der Waals surface area contributed by atoms with Crippen molar-refractivity contribution in [3.63, 3.8) is 0 Å². The lowest BCUT2D eigenvalue weighted by atomic mass is 9.99. The quantitative estimate of drug-likeness (QED) is 0.827. The van der Waals surface area contributed by atoms with Crippen LogP contribution in [-0.4, -0.2) is 24.8 Å². The maximum absolute atomic E-state index is 5.86. The van der Waals surface area contributed by atoms with Crippen LogP contribution in [0.25, 0.3) is 0 Å². The van der Waals surface area contributed by atoms with Gasteiger partial charge < -0.3 is 10.1 Å². The summed E-state index contributed by atoms with van der Waals surface area (Å²) >= 11 is 0. The molecule has 4 aliphatic rings. The first-order valence-corrected chi connectivity index (χ1v) is 8.24. The molecule has 4 fully saturated rings. The first-order valence-electron chi connectivity index (χ1n) is 8.24. The van der Waals surface area contributed by atoms with Gasteiger partial charge in [0, 0.05) is 18.7 Å². The van der Waals surface area contributed by atoms with Crippen molar-refractivity contribution < 1.29 is 4.74 Å². The zero-order valence-corrected chi connectivity index (χ0v) is 11.6. The van der Waals surface area contributed by atoms with Crippen molar-refractivity contribution in [1.29, 1.82) is 0 Å². The maximum Gasteiger partial charge on any atom is 0.0589 e. The molecule has 0 radical (unpaired) electrons. The van der Waals surface area contributed by atoms with Gasteiger partial charge in [0.2, 0.25) is 0 Å². The standard InChI is InChI=1S/C16H27NO/c1-2-3-13-9-12(6-7-18-13)17-16-14-10-4-5-11(8-10)15(14)16/h10-17H,2-9H2,1H3. The minimum Gasteiger partial charge on any atom is -0.378 e. The number of ether oxygens (including phenoxy) is 1. The maximum atomic E-state index is 5.86. The van der Waals surface area contributed by atoms with Crippen LogP contribution < -0.4 is 5.32 Å². The summed E-state index contributed by atoms with van der Waals surface area (Å²) in [5, 5.41) is 4.00. The van der Waals surface area contributed by atoms with E-state index in [9.17, 15) is 0 Å². The van der Waals surface area contributed by atoms with Crippen molar-refractivity contribution in [3.05, 3.63) is 0 Å². The molecule has 3 aliphatic carbocycles. The van der Waals surface area contributed by atoms with E-state index in [4.69, 9.17) is 4.74 Å². The lowest BCUT2D eigenvalue weighted by Gasteiger charge is -2.31. The summed E-state index contributed by atoms with van der Waals surface area (Å²) in [6, 6.07) is 1.66. The molecule has 0 aromatic carbocycles. The average molecular weight is 249 g/mol. The Morgan fingerprint density at radius 1 is 1.06 bits per heavy atom. The fraction of sp³-hybridized carbons (Fsp3) is 1.00. The molecule has 0 aromatic heterocycles. The van der Waals surface area contributed by atoms with E-state index in [1.165, 1.54) is 38.5 Å². The minimum atomic E-state index is 0.538. The molecule has 6 atom stereocenters. The van der Waals surface area contributed by atoms with Crippen molar-refractivity contribution in [2.45, 2.75) is 70.1 Å². The van der Waals surface area contributed by atoms with E-state index in [0.29, 0.717) is 6.10 Å². The second kappa shape index (κ2) is 4.49. The third-order valence-electron chi connectivity index (χ3n) is 6.14. The topological polar surface area (TPSA) is 21.3 Å². The Hall–Kier alpha value is -0.0800. The summed E-state index contributed by atoms with van der Waals surface area (Å²) < 4.78 is 5.86. The predicted molar refractivity (Wildman–Crippen MR) is 72.4 cm³/mol. The van der Waals surface area contributed by atoms with Crippen LogP contribution in [-0.2, 0) is 4.74 Å². The summed E-state index contributed by atoms with van der Waals surface area (Å²) in [6.45, 7) is 3.25. The van der Waals surface area contributed by atoms with E-state index >= 15 is 0 Å². The van der Waals surface area contributed by atoms with Gasteiger partial charge in [-0.25, -0.2) is 0 Å². The Balaban J connectivity index is 1.31. The summed E-state index contributed by atoms with van der Waals surface area (Å²) in [5.41, 5.74) is 0. The van der Waals surface area contributed by atoms with Crippen molar-refractivity contribution in [3.8, 4) is 0 Å². The molecule has 4 rings (SSSR count). The molecule has 3 saturated carbocycles. The molecule has 1 aliphatic heterocycles. The van der Waals surface area contributed by atoms with Gasteiger partial charge in [-0.15, -0.1) is 0 Å². The molecule has 0 spiro atoms. The van der Waals surface area contributed by atoms with Gasteiger partial charge in [-0.2, -0.15) is 0 Å². The highest BCUT2D eigenvalue weighted by Gasteiger charge is 2.65. The van der Waals surface area contributed by atoms with E-state index in [0.717, 1.165) is 42.4 Å². The highest BCUT2D eigenvalue weighted by atomic mass is 16.5. The van der Waals surface area contributed by atoms with E-state index in [1.807, 2.05) is 0 Å². The molecule has 2 bridgehead atoms. The predicted octanol–water partition coefficient (Wildman–Crippen LogP) is 2.97. The number of nitrogens with one attached hydrogen (secondary N) is 1. The lowest BCUT2D eigenvalue weighted by molar-refractivity contribution is -0.00409. The highest BCUT2D eigenvalue weighted by molar-refractivity contribution is 5.17. The smallest absolute Gasteiger partial charge is 0.0589 e. The summed E-state index contributed by atoms with van der Waals surface area (Å²) in [4.78, 5) is 0. The fourth-order valence-electron chi connectivity index (χ4n) is 5.38. The molecular weight excluding hydrogens is 222 g/mol. The van der Waals surface area contributed by atoms with Crippen LogP contribution in [0.15, 0.2) is 0 Å². The third kappa shape index (κ3) is 1.84. The number of hydrogen-bond donors (Lipinski definition) is 1. The summed E-state index contributed by atoms with van der Waals surface area (Å²) in [6.07, 6.45) is 10.2. The van der Waals surface area contributed by atoms with Gasteiger partial charge in [0.05, 0.1) is 6.10 Å². The molecule has 2 nitrogen and oxygen atoms in total. The Labute approximate surface area is 111 Å². The SMILES string of the molecule is CCCC1CC(NC2C3C4CCC(C4)C23)CCO1. The van der Waals surface area contributed by atoms with Gasteiger partial charge in [0.25, 0.3) is 0 Å². The number of hydrogen-bond acceptors (Lipinski definition) is 2. The van der Waals surface area contributed by atoms with Crippen molar-refractivity contribution in [1.82, 2.24) is 5.32 Å². The summed E-state index contributed by atoms with van der Waals surface area (Å²) in [7, 11) is 0. The first-order chi connectivity index (χ1) is 8.86. The van der Waals surface area contributed by atoms with Gasteiger partial charge in [0.1, 0.15) is 0 Å². The van der Waals surface area contributed by atoms with Crippen molar-refractivity contribution >= 4 is 0 Å². The normalized spacial score (nSPS) is 53.5.